The number of carbonyl (C=O) groups is 2. The number of benzene rings is 2. The summed E-state index contributed by atoms with van der Waals surface area (Å²) in [5, 5.41) is 5.94. The van der Waals surface area contributed by atoms with Gasteiger partial charge in [0.1, 0.15) is 5.75 Å². The molecule has 1 saturated heterocycles. The molecule has 7 heteroatoms. The number of urea groups is 1. The standard InChI is InChI=1S/C25H34N4O3/c1-28(18-20-7-4-3-5-8-20)25(31)26-14-11-24(30)27-22-12-15-29(16-13-22)19-21-9-6-10-23(17-21)32-2/h3-10,17,22H,11-16,18-19H2,1-2H3,(H,26,31)(H,27,30). The predicted octanol–water partition coefficient (Wildman–Crippen LogP) is 3.01. The zero-order valence-corrected chi connectivity index (χ0v) is 19.0. The molecule has 1 aliphatic heterocycles. The van der Waals surface area contributed by atoms with Gasteiger partial charge in [-0.05, 0) is 36.1 Å². The summed E-state index contributed by atoms with van der Waals surface area (Å²) >= 11 is 0. The number of carbonyl (C=O) groups excluding carboxylic acids is 2. The molecule has 7 nitrogen and oxygen atoms in total. The molecule has 3 rings (SSSR count). The topological polar surface area (TPSA) is 73.9 Å². The van der Waals surface area contributed by atoms with Crippen LogP contribution in [-0.4, -0.2) is 61.6 Å². The van der Waals surface area contributed by atoms with Crippen LogP contribution in [0.25, 0.3) is 0 Å². The van der Waals surface area contributed by atoms with E-state index in [-0.39, 0.29) is 24.4 Å². The summed E-state index contributed by atoms with van der Waals surface area (Å²) in [6.07, 6.45) is 2.15. The van der Waals surface area contributed by atoms with Gasteiger partial charge in [0.25, 0.3) is 0 Å². The predicted molar refractivity (Wildman–Crippen MR) is 125 cm³/mol. The highest BCUT2D eigenvalue weighted by molar-refractivity contribution is 5.78. The molecule has 32 heavy (non-hydrogen) atoms. The van der Waals surface area contributed by atoms with Crippen molar-refractivity contribution >= 4 is 11.9 Å². The molecule has 1 aliphatic rings. The normalized spacial score (nSPS) is 14.6. The number of nitrogens with one attached hydrogen (secondary N) is 2. The molecular formula is C25H34N4O3. The second-order valence-electron chi connectivity index (χ2n) is 8.29. The summed E-state index contributed by atoms with van der Waals surface area (Å²) in [4.78, 5) is 28.5. The van der Waals surface area contributed by atoms with E-state index in [1.807, 2.05) is 42.5 Å². The first-order chi connectivity index (χ1) is 15.5. The summed E-state index contributed by atoms with van der Waals surface area (Å²) in [5.41, 5.74) is 2.31. The average Bonchev–Trinajstić information content (AvgIpc) is 2.81. The van der Waals surface area contributed by atoms with E-state index in [0.29, 0.717) is 13.1 Å². The maximum Gasteiger partial charge on any atom is 0.317 e. The van der Waals surface area contributed by atoms with Gasteiger partial charge in [0.2, 0.25) is 5.91 Å². The molecule has 3 amide bonds. The largest absolute Gasteiger partial charge is 0.497 e. The molecule has 0 spiro atoms. The van der Waals surface area contributed by atoms with Crippen LogP contribution in [0.15, 0.2) is 54.6 Å². The Bertz CT molecular complexity index is 867. The molecule has 0 radical (unpaired) electrons. The van der Waals surface area contributed by atoms with Crippen LogP contribution in [0.5, 0.6) is 5.75 Å². The fraction of sp³-hybridized carbons (Fsp3) is 0.440. The number of ether oxygens (including phenoxy) is 1. The van der Waals surface area contributed by atoms with Crippen LogP contribution in [0.4, 0.5) is 4.79 Å². The Balaban J connectivity index is 1.30. The number of hydrogen-bond donors (Lipinski definition) is 2. The van der Waals surface area contributed by atoms with E-state index in [1.165, 1.54) is 5.56 Å². The number of hydrogen-bond acceptors (Lipinski definition) is 4. The quantitative estimate of drug-likeness (QED) is 0.631. The molecule has 172 valence electrons. The third kappa shape index (κ3) is 7.57. The van der Waals surface area contributed by atoms with Crippen molar-refractivity contribution in [2.45, 2.75) is 38.4 Å². The van der Waals surface area contributed by atoms with E-state index in [9.17, 15) is 9.59 Å². The molecular weight excluding hydrogens is 404 g/mol. The van der Waals surface area contributed by atoms with E-state index in [0.717, 1.165) is 43.8 Å². The van der Waals surface area contributed by atoms with Gasteiger partial charge < -0.3 is 20.3 Å². The SMILES string of the molecule is COc1cccc(CN2CCC(NC(=O)CCNC(=O)N(C)Cc3ccccc3)CC2)c1. The van der Waals surface area contributed by atoms with Crippen LogP contribution in [0.2, 0.25) is 0 Å². The minimum Gasteiger partial charge on any atom is -0.497 e. The Labute approximate surface area is 190 Å². The summed E-state index contributed by atoms with van der Waals surface area (Å²) in [5.74, 6) is 0.866. The van der Waals surface area contributed by atoms with Gasteiger partial charge in [-0.15, -0.1) is 0 Å². The first-order valence-corrected chi connectivity index (χ1v) is 11.2. The smallest absolute Gasteiger partial charge is 0.317 e. The van der Waals surface area contributed by atoms with Gasteiger partial charge in [0.05, 0.1) is 7.11 Å². The fourth-order valence-corrected chi connectivity index (χ4v) is 3.91. The first-order valence-electron chi connectivity index (χ1n) is 11.2. The van der Waals surface area contributed by atoms with Crippen LogP contribution < -0.4 is 15.4 Å². The summed E-state index contributed by atoms with van der Waals surface area (Å²) < 4.78 is 5.30. The highest BCUT2D eigenvalue weighted by Crippen LogP contribution is 2.17. The summed E-state index contributed by atoms with van der Waals surface area (Å²) in [6.45, 7) is 3.65. The van der Waals surface area contributed by atoms with Gasteiger partial charge >= 0.3 is 6.03 Å². The van der Waals surface area contributed by atoms with Crippen molar-refractivity contribution in [1.82, 2.24) is 20.4 Å². The Morgan fingerprint density at radius 2 is 1.78 bits per heavy atom. The van der Waals surface area contributed by atoms with Crippen LogP contribution in [-0.2, 0) is 17.9 Å². The van der Waals surface area contributed by atoms with Gasteiger partial charge in [-0.25, -0.2) is 4.79 Å². The zero-order valence-electron chi connectivity index (χ0n) is 19.0. The van der Waals surface area contributed by atoms with E-state index < -0.39 is 0 Å². The monoisotopic (exact) mass is 438 g/mol. The Morgan fingerprint density at radius 1 is 1.06 bits per heavy atom. The van der Waals surface area contributed by atoms with E-state index in [1.54, 1.807) is 19.1 Å². The van der Waals surface area contributed by atoms with Gasteiger partial charge in [0.15, 0.2) is 0 Å². The maximum absolute atomic E-state index is 12.3. The van der Waals surface area contributed by atoms with Crippen molar-refractivity contribution in [3.63, 3.8) is 0 Å². The molecule has 0 unspecified atom stereocenters. The van der Waals surface area contributed by atoms with Crippen molar-refractivity contribution in [3.8, 4) is 5.75 Å². The Morgan fingerprint density at radius 3 is 2.50 bits per heavy atom. The number of methoxy groups -OCH3 is 1. The first kappa shape index (κ1) is 23.6. The highest BCUT2D eigenvalue weighted by Gasteiger charge is 2.21. The Hall–Kier alpha value is -3.06. The molecule has 2 aromatic rings. The zero-order chi connectivity index (χ0) is 22.8. The highest BCUT2D eigenvalue weighted by atomic mass is 16.5. The number of amides is 3. The number of nitrogens with zero attached hydrogens (tertiary/aromatic N) is 2. The lowest BCUT2D eigenvalue weighted by molar-refractivity contribution is -0.122. The molecule has 0 aromatic heterocycles. The van der Waals surface area contributed by atoms with E-state index >= 15 is 0 Å². The minimum atomic E-state index is -0.174. The summed E-state index contributed by atoms with van der Waals surface area (Å²) in [7, 11) is 3.43. The molecule has 2 aromatic carbocycles. The lowest BCUT2D eigenvalue weighted by atomic mass is 10.0. The lowest BCUT2D eigenvalue weighted by Gasteiger charge is -2.32. The maximum atomic E-state index is 12.3. The molecule has 0 aliphatic carbocycles. The van der Waals surface area contributed by atoms with E-state index in [4.69, 9.17) is 4.74 Å². The molecule has 1 heterocycles. The molecule has 2 N–H and O–H groups in total. The van der Waals surface area contributed by atoms with Crippen molar-refractivity contribution in [1.29, 1.82) is 0 Å². The molecule has 0 bridgehead atoms. The van der Waals surface area contributed by atoms with Gasteiger partial charge in [-0.2, -0.15) is 0 Å². The number of likely N-dealkylation sites (tertiary alicyclic amines) is 1. The van der Waals surface area contributed by atoms with Gasteiger partial charge in [0, 0.05) is 52.2 Å². The van der Waals surface area contributed by atoms with Crippen molar-refractivity contribution < 1.29 is 14.3 Å². The van der Waals surface area contributed by atoms with Crippen LogP contribution in [0.3, 0.4) is 0 Å². The molecule has 0 atom stereocenters. The second kappa shape index (κ2) is 12.1. The Kier molecular flexibility index (Phi) is 8.92. The number of rotatable bonds is 9. The fourth-order valence-electron chi connectivity index (χ4n) is 3.91. The third-order valence-electron chi connectivity index (χ3n) is 5.73. The van der Waals surface area contributed by atoms with Crippen molar-refractivity contribution in [2.75, 3.05) is 33.8 Å². The third-order valence-corrected chi connectivity index (χ3v) is 5.73. The second-order valence-corrected chi connectivity index (χ2v) is 8.29. The molecule has 0 saturated carbocycles. The van der Waals surface area contributed by atoms with Crippen molar-refractivity contribution in [3.05, 3.63) is 65.7 Å². The van der Waals surface area contributed by atoms with Crippen LogP contribution >= 0.6 is 0 Å². The van der Waals surface area contributed by atoms with Gasteiger partial charge in [-0.1, -0.05) is 42.5 Å². The average molecular weight is 439 g/mol. The summed E-state index contributed by atoms with van der Waals surface area (Å²) in [6, 6.07) is 18.0. The van der Waals surface area contributed by atoms with Gasteiger partial charge in [-0.3, -0.25) is 9.69 Å². The molecule has 1 fully saturated rings. The van der Waals surface area contributed by atoms with Crippen LogP contribution in [0, 0.1) is 0 Å². The lowest BCUT2D eigenvalue weighted by Crippen LogP contribution is -2.45. The number of piperidine rings is 1. The van der Waals surface area contributed by atoms with E-state index in [2.05, 4.69) is 27.7 Å². The van der Waals surface area contributed by atoms with Crippen LogP contribution in [0.1, 0.15) is 30.4 Å². The minimum absolute atomic E-state index is 0.0118. The van der Waals surface area contributed by atoms with Crippen molar-refractivity contribution in [2.24, 2.45) is 0 Å².